The van der Waals surface area contributed by atoms with Crippen molar-refractivity contribution in [2.24, 2.45) is 0 Å². The van der Waals surface area contributed by atoms with Crippen LogP contribution in [-0.2, 0) is 14.3 Å². The standard InChI is InChI=1S/C16H27F3O3/c1-2-3-4-5-6-7-8-9-10-11-13-14(22-13)12-21-15(20)16(17,18)19/h13-14H,2-12H2,1H3/t13-,14+/m1/s1. The normalized spacial score (nSPS) is 20.9. The Morgan fingerprint density at radius 3 is 2.05 bits per heavy atom. The molecule has 2 atom stereocenters. The Kier molecular flexibility index (Phi) is 8.83. The molecule has 0 aliphatic carbocycles. The fourth-order valence-electron chi connectivity index (χ4n) is 2.48. The van der Waals surface area contributed by atoms with Crippen molar-refractivity contribution in [1.29, 1.82) is 0 Å². The van der Waals surface area contributed by atoms with Gasteiger partial charge in [0.15, 0.2) is 0 Å². The van der Waals surface area contributed by atoms with E-state index in [9.17, 15) is 18.0 Å². The number of alkyl halides is 3. The zero-order valence-electron chi connectivity index (χ0n) is 13.3. The minimum Gasteiger partial charge on any atom is -0.456 e. The van der Waals surface area contributed by atoms with Gasteiger partial charge in [0.05, 0.1) is 6.10 Å². The van der Waals surface area contributed by atoms with E-state index in [4.69, 9.17) is 4.74 Å². The molecule has 0 bridgehead atoms. The summed E-state index contributed by atoms with van der Waals surface area (Å²) in [5.41, 5.74) is 0. The Labute approximate surface area is 130 Å². The number of rotatable bonds is 12. The fourth-order valence-corrected chi connectivity index (χ4v) is 2.48. The third-order valence-corrected chi connectivity index (χ3v) is 3.89. The number of ether oxygens (including phenoxy) is 2. The van der Waals surface area contributed by atoms with Crippen molar-refractivity contribution in [3.8, 4) is 0 Å². The van der Waals surface area contributed by atoms with Crippen LogP contribution < -0.4 is 0 Å². The molecule has 0 radical (unpaired) electrons. The number of epoxide rings is 1. The highest BCUT2D eigenvalue weighted by molar-refractivity contribution is 5.75. The summed E-state index contributed by atoms with van der Waals surface area (Å²) < 4.78 is 45.1. The first-order chi connectivity index (χ1) is 10.4. The van der Waals surface area contributed by atoms with Crippen LogP contribution in [-0.4, -0.2) is 31.0 Å². The summed E-state index contributed by atoms with van der Waals surface area (Å²) in [4.78, 5) is 10.5. The first kappa shape index (κ1) is 19.3. The van der Waals surface area contributed by atoms with Crippen molar-refractivity contribution in [3.05, 3.63) is 0 Å². The fraction of sp³-hybridized carbons (Fsp3) is 0.938. The minimum absolute atomic E-state index is 0.0365. The van der Waals surface area contributed by atoms with Crippen molar-refractivity contribution < 1.29 is 27.4 Å². The van der Waals surface area contributed by atoms with E-state index >= 15 is 0 Å². The predicted octanol–water partition coefficient (Wildman–Crippen LogP) is 4.78. The van der Waals surface area contributed by atoms with E-state index in [0.717, 1.165) is 19.3 Å². The van der Waals surface area contributed by atoms with Crippen molar-refractivity contribution in [2.75, 3.05) is 6.61 Å². The molecule has 3 nitrogen and oxygen atoms in total. The Balaban J connectivity index is 1.87. The average Bonchev–Trinajstić information content (AvgIpc) is 3.20. The van der Waals surface area contributed by atoms with Crippen LogP contribution in [0.2, 0.25) is 0 Å². The largest absolute Gasteiger partial charge is 0.490 e. The first-order valence-corrected chi connectivity index (χ1v) is 8.34. The highest BCUT2D eigenvalue weighted by Gasteiger charge is 2.44. The highest BCUT2D eigenvalue weighted by atomic mass is 19.4. The molecule has 6 heteroatoms. The third-order valence-electron chi connectivity index (χ3n) is 3.89. The lowest BCUT2D eigenvalue weighted by Gasteiger charge is -2.05. The second kappa shape index (κ2) is 10.1. The third kappa shape index (κ3) is 8.61. The van der Waals surface area contributed by atoms with Gasteiger partial charge in [0.2, 0.25) is 0 Å². The molecular formula is C16H27F3O3. The molecule has 0 unspecified atom stereocenters. The monoisotopic (exact) mass is 324 g/mol. The van der Waals surface area contributed by atoms with Crippen LogP contribution in [0.1, 0.15) is 71.1 Å². The van der Waals surface area contributed by atoms with Gasteiger partial charge in [-0.05, 0) is 6.42 Å². The zero-order chi connectivity index (χ0) is 16.4. The molecule has 0 saturated carbocycles. The summed E-state index contributed by atoms with van der Waals surface area (Å²) in [5.74, 6) is -2.13. The van der Waals surface area contributed by atoms with Crippen LogP contribution >= 0.6 is 0 Å². The van der Waals surface area contributed by atoms with Gasteiger partial charge in [-0.25, -0.2) is 4.79 Å². The van der Waals surface area contributed by atoms with Gasteiger partial charge in [0.1, 0.15) is 12.7 Å². The van der Waals surface area contributed by atoms with Crippen LogP contribution in [0.3, 0.4) is 0 Å². The molecule has 0 spiro atoms. The van der Waals surface area contributed by atoms with Crippen LogP contribution in [0.4, 0.5) is 13.2 Å². The summed E-state index contributed by atoms with van der Waals surface area (Å²) in [6.07, 6.45) is 6.64. The van der Waals surface area contributed by atoms with Crippen molar-refractivity contribution in [2.45, 2.75) is 89.5 Å². The predicted molar refractivity (Wildman–Crippen MR) is 77.5 cm³/mol. The number of hydrogen-bond donors (Lipinski definition) is 0. The lowest BCUT2D eigenvalue weighted by molar-refractivity contribution is -0.200. The summed E-state index contributed by atoms with van der Waals surface area (Å²) in [5, 5.41) is 0. The van der Waals surface area contributed by atoms with Gasteiger partial charge in [0.25, 0.3) is 0 Å². The van der Waals surface area contributed by atoms with E-state index in [1.165, 1.54) is 44.9 Å². The van der Waals surface area contributed by atoms with Crippen molar-refractivity contribution >= 4 is 5.97 Å². The van der Waals surface area contributed by atoms with Crippen molar-refractivity contribution in [3.63, 3.8) is 0 Å². The molecule has 1 rings (SSSR count). The zero-order valence-corrected chi connectivity index (χ0v) is 13.3. The van der Waals surface area contributed by atoms with Crippen LogP contribution in [0.15, 0.2) is 0 Å². The Morgan fingerprint density at radius 2 is 1.50 bits per heavy atom. The van der Waals surface area contributed by atoms with E-state index in [1.807, 2.05) is 0 Å². The molecule has 1 aliphatic heterocycles. The number of halogens is 3. The molecule has 1 heterocycles. The first-order valence-electron chi connectivity index (χ1n) is 8.34. The summed E-state index contributed by atoms with van der Waals surface area (Å²) in [7, 11) is 0. The van der Waals surface area contributed by atoms with Gasteiger partial charge in [0, 0.05) is 0 Å². The van der Waals surface area contributed by atoms with Gasteiger partial charge in [-0.15, -0.1) is 0 Å². The number of unbranched alkanes of at least 4 members (excludes halogenated alkanes) is 8. The van der Waals surface area contributed by atoms with Crippen molar-refractivity contribution in [1.82, 2.24) is 0 Å². The summed E-state index contributed by atoms with van der Waals surface area (Å²) in [6, 6.07) is 0. The van der Waals surface area contributed by atoms with Gasteiger partial charge in [-0.2, -0.15) is 13.2 Å². The van der Waals surface area contributed by atoms with Crippen LogP contribution in [0, 0.1) is 0 Å². The van der Waals surface area contributed by atoms with E-state index in [1.54, 1.807) is 0 Å². The number of esters is 1. The minimum atomic E-state index is -4.92. The quantitative estimate of drug-likeness (QED) is 0.294. The molecule has 130 valence electrons. The van der Waals surface area contributed by atoms with E-state index in [0.29, 0.717) is 0 Å². The SMILES string of the molecule is CCCCCCCCCCC[C@H]1O[C@H]1COC(=O)C(F)(F)F. The molecular weight excluding hydrogens is 297 g/mol. The van der Waals surface area contributed by atoms with Crippen LogP contribution in [0.5, 0.6) is 0 Å². The number of carbonyl (C=O) groups excluding carboxylic acids is 1. The van der Waals surface area contributed by atoms with Gasteiger partial charge in [-0.1, -0.05) is 64.7 Å². The number of carbonyl (C=O) groups is 1. The van der Waals surface area contributed by atoms with Gasteiger partial charge in [-0.3, -0.25) is 0 Å². The molecule has 0 aromatic heterocycles. The maximum absolute atomic E-state index is 11.9. The van der Waals surface area contributed by atoms with E-state index < -0.39 is 12.1 Å². The van der Waals surface area contributed by atoms with Gasteiger partial charge >= 0.3 is 12.1 Å². The highest BCUT2D eigenvalue weighted by Crippen LogP contribution is 2.28. The van der Waals surface area contributed by atoms with Gasteiger partial charge < -0.3 is 9.47 Å². The van der Waals surface area contributed by atoms with E-state index in [-0.39, 0.29) is 18.8 Å². The molecule has 0 amide bonds. The Morgan fingerprint density at radius 1 is 0.955 bits per heavy atom. The molecule has 0 N–H and O–H groups in total. The summed E-state index contributed by atoms with van der Waals surface area (Å²) in [6.45, 7) is 1.91. The maximum atomic E-state index is 11.9. The molecule has 1 fully saturated rings. The Bertz CT molecular complexity index is 318. The Hall–Kier alpha value is -0.780. The lowest BCUT2D eigenvalue weighted by Crippen LogP contribution is -2.27. The number of hydrogen-bond acceptors (Lipinski definition) is 3. The average molecular weight is 324 g/mol. The molecule has 0 aromatic rings. The molecule has 1 saturated heterocycles. The topological polar surface area (TPSA) is 38.8 Å². The molecule has 22 heavy (non-hydrogen) atoms. The molecule has 1 aliphatic rings. The van der Waals surface area contributed by atoms with Crippen LogP contribution in [0.25, 0.3) is 0 Å². The molecule has 0 aromatic carbocycles. The second-order valence-corrected chi connectivity index (χ2v) is 5.93. The smallest absolute Gasteiger partial charge is 0.456 e. The second-order valence-electron chi connectivity index (χ2n) is 5.93. The van der Waals surface area contributed by atoms with E-state index in [2.05, 4.69) is 11.7 Å². The summed E-state index contributed by atoms with van der Waals surface area (Å²) >= 11 is 0. The maximum Gasteiger partial charge on any atom is 0.490 e. The lowest BCUT2D eigenvalue weighted by atomic mass is 10.1.